The van der Waals surface area contributed by atoms with E-state index in [4.69, 9.17) is 32.7 Å². The zero-order chi connectivity index (χ0) is 28.6. The fourth-order valence-electron chi connectivity index (χ4n) is 4.40. The van der Waals surface area contributed by atoms with E-state index in [0.717, 1.165) is 43.4 Å². The molecule has 40 heavy (non-hydrogen) atoms. The topological polar surface area (TPSA) is 135 Å². The molecule has 0 radical (unpaired) electrons. The number of ether oxygens (including phenoxy) is 2. The van der Waals surface area contributed by atoms with Crippen LogP contribution in [0.1, 0.15) is 23.0 Å². The van der Waals surface area contributed by atoms with E-state index in [9.17, 15) is 23.8 Å². The van der Waals surface area contributed by atoms with Crippen molar-refractivity contribution in [1.82, 2.24) is 30.4 Å². The van der Waals surface area contributed by atoms with Gasteiger partial charge in [0, 0.05) is 36.9 Å². The van der Waals surface area contributed by atoms with Gasteiger partial charge in [0.05, 0.1) is 17.8 Å². The van der Waals surface area contributed by atoms with Gasteiger partial charge in [0.1, 0.15) is 57.8 Å². The zero-order valence-electron chi connectivity index (χ0n) is 20.9. The minimum Gasteiger partial charge on any atom is -0.394 e. The van der Waals surface area contributed by atoms with Crippen molar-refractivity contribution in [3.63, 3.8) is 0 Å². The maximum absolute atomic E-state index is 14.1. The molecule has 1 aromatic carbocycles. The summed E-state index contributed by atoms with van der Waals surface area (Å²) in [6.45, 7) is 0.912. The molecule has 5 atom stereocenters. The van der Waals surface area contributed by atoms with Gasteiger partial charge in [-0.05, 0) is 24.6 Å². The summed E-state index contributed by atoms with van der Waals surface area (Å²) in [7, 11) is 1.40. The molecule has 2 aliphatic heterocycles. The fraction of sp³-hybridized carbons (Fsp3) is 0.417. The average Bonchev–Trinajstić information content (AvgIpc) is 3.39. The molecule has 16 heteroatoms. The lowest BCUT2D eigenvalue weighted by atomic mass is 9.97. The lowest BCUT2D eigenvalue weighted by molar-refractivity contribution is -0.186. The second-order valence-corrected chi connectivity index (χ2v) is 11.1. The Morgan fingerprint density at radius 3 is 2.62 bits per heavy atom. The molecule has 0 aliphatic carbocycles. The van der Waals surface area contributed by atoms with Gasteiger partial charge in [-0.1, -0.05) is 40.2 Å². The highest BCUT2D eigenvalue weighted by Crippen LogP contribution is 2.41. The summed E-state index contributed by atoms with van der Waals surface area (Å²) >= 11 is 12.9. The molecule has 2 fully saturated rings. The van der Waals surface area contributed by atoms with Crippen LogP contribution in [0.25, 0.3) is 11.3 Å². The maximum Gasteiger partial charge on any atom is 0.285 e. The Balaban J connectivity index is 1.45. The smallest absolute Gasteiger partial charge is 0.285 e. The Morgan fingerprint density at radius 2 is 2.00 bits per heavy atom. The molecule has 0 bridgehead atoms. The largest absolute Gasteiger partial charge is 0.394 e. The predicted molar refractivity (Wildman–Crippen MR) is 141 cm³/mol. The molecule has 2 aliphatic rings. The molecule has 0 unspecified atom stereocenters. The third-order valence-corrected chi connectivity index (χ3v) is 8.33. The Hall–Kier alpha value is -2.43. The Morgan fingerprint density at radius 1 is 1.27 bits per heavy atom. The number of hydrogen-bond acceptors (Lipinski definition) is 10. The van der Waals surface area contributed by atoms with E-state index in [-0.39, 0.29) is 22.0 Å². The second kappa shape index (κ2) is 12.2. The molecule has 5 rings (SSSR count). The van der Waals surface area contributed by atoms with Crippen molar-refractivity contribution < 1.29 is 33.3 Å². The Kier molecular flexibility index (Phi) is 8.87. The van der Waals surface area contributed by atoms with Gasteiger partial charge < -0.3 is 19.7 Å². The molecule has 3 N–H and O–H groups in total. The molecule has 4 heterocycles. The van der Waals surface area contributed by atoms with Gasteiger partial charge in [-0.15, -0.1) is 5.10 Å². The van der Waals surface area contributed by atoms with Gasteiger partial charge in [0.2, 0.25) is 0 Å². The summed E-state index contributed by atoms with van der Waals surface area (Å²) < 4.78 is 41.1. The number of aliphatic hydroxyl groups is 2. The summed E-state index contributed by atoms with van der Waals surface area (Å²) in [4.78, 5) is 17.5. The predicted octanol–water partition coefficient (Wildman–Crippen LogP) is 2.70. The van der Waals surface area contributed by atoms with Crippen molar-refractivity contribution in [2.75, 3.05) is 26.8 Å². The van der Waals surface area contributed by atoms with Crippen LogP contribution in [0.15, 0.2) is 35.5 Å². The van der Waals surface area contributed by atoms with Crippen LogP contribution in [-0.2, 0) is 9.47 Å². The number of carbonyl (C=O) groups is 1. The molecule has 0 spiro atoms. The number of halogens is 4. The van der Waals surface area contributed by atoms with Crippen LogP contribution in [0.3, 0.4) is 0 Å². The van der Waals surface area contributed by atoms with Gasteiger partial charge >= 0.3 is 0 Å². The number of nitrogens with zero attached hydrogens (tertiary/aromatic N) is 5. The summed E-state index contributed by atoms with van der Waals surface area (Å²) in [5.41, 5.74) is 2.20. The van der Waals surface area contributed by atoms with Crippen molar-refractivity contribution in [3.05, 3.63) is 58.0 Å². The molecule has 2 aromatic heterocycles. The molecule has 0 saturated carbocycles. The number of hydrazine groups is 1. The first-order chi connectivity index (χ1) is 19.2. The fourth-order valence-corrected chi connectivity index (χ4v) is 6.04. The molecular formula is C24H24Cl2F2N6O5S. The van der Waals surface area contributed by atoms with Crippen molar-refractivity contribution >= 4 is 40.9 Å². The van der Waals surface area contributed by atoms with Crippen LogP contribution < -0.4 is 5.43 Å². The van der Waals surface area contributed by atoms with Crippen LogP contribution in [0.2, 0.25) is 10.0 Å². The zero-order valence-corrected chi connectivity index (χ0v) is 23.2. The molecule has 3 aromatic rings. The number of carbonyl (C=O) groups excluding carboxylic acids is 1. The number of hydrogen-bond donors (Lipinski definition) is 3. The minimum absolute atomic E-state index is 0.0775. The third-order valence-electron chi connectivity index (χ3n) is 6.59. The van der Waals surface area contributed by atoms with Crippen LogP contribution in [-0.4, -0.2) is 91.7 Å². The van der Waals surface area contributed by atoms with Crippen molar-refractivity contribution in [2.24, 2.45) is 0 Å². The van der Waals surface area contributed by atoms with E-state index in [1.54, 1.807) is 11.1 Å². The lowest BCUT2D eigenvalue weighted by Crippen LogP contribution is -2.55. The van der Waals surface area contributed by atoms with Gasteiger partial charge in [0.15, 0.2) is 0 Å². The summed E-state index contributed by atoms with van der Waals surface area (Å²) in [6.07, 6.45) is 0.426. The first-order valence-electron chi connectivity index (χ1n) is 12.1. The maximum atomic E-state index is 14.1. The Bertz CT molecular complexity index is 1380. The number of benzene rings is 1. The monoisotopic (exact) mass is 616 g/mol. The lowest BCUT2D eigenvalue weighted by Gasteiger charge is -2.43. The highest BCUT2D eigenvalue weighted by Gasteiger charge is 2.48. The van der Waals surface area contributed by atoms with Crippen LogP contribution in [0.5, 0.6) is 0 Å². The average molecular weight is 617 g/mol. The number of amides is 1. The van der Waals surface area contributed by atoms with E-state index >= 15 is 0 Å². The number of aromatic nitrogens is 4. The minimum atomic E-state index is -1.31. The van der Waals surface area contributed by atoms with E-state index in [2.05, 4.69) is 20.7 Å². The van der Waals surface area contributed by atoms with E-state index in [1.165, 1.54) is 24.2 Å². The van der Waals surface area contributed by atoms with E-state index in [1.807, 2.05) is 0 Å². The quantitative estimate of drug-likeness (QED) is 0.324. The number of pyridine rings is 1. The Labute approximate surface area is 241 Å². The first-order valence-corrected chi connectivity index (χ1v) is 13.8. The van der Waals surface area contributed by atoms with Crippen LogP contribution >= 0.6 is 35.0 Å². The highest BCUT2D eigenvalue weighted by molar-refractivity contribution is 8.00. The molecular weight excluding hydrogens is 593 g/mol. The third kappa shape index (κ3) is 5.81. The van der Waals surface area contributed by atoms with Crippen molar-refractivity contribution in [2.45, 2.75) is 41.1 Å². The van der Waals surface area contributed by atoms with Gasteiger partial charge in [0.25, 0.3) is 5.91 Å². The first kappa shape index (κ1) is 29.1. The molecule has 214 valence electrons. The molecule has 2 saturated heterocycles. The molecule has 1 amide bonds. The van der Waals surface area contributed by atoms with Crippen molar-refractivity contribution in [1.29, 1.82) is 0 Å². The standard InChI is InChI=1S/C24H24Cl2F2N6O5S/c1-38-22-20(34-9-15(30-32-34)11-5-13(27)18(26)14(28)6-11)21(36)16(10-35)39-24(22)40-17-7-12(25)8-29-19(17)23(37)31-33-3-2-4-33/h5-9,16,20-22,24,35-36H,2-4,10H2,1H3,(H,31,37)/t16-,20+,21+,22-,24-/m1/s1. The number of methoxy groups -OCH3 is 1. The van der Waals surface area contributed by atoms with Crippen LogP contribution in [0.4, 0.5) is 8.78 Å². The van der Waals surface area contributed by atoms with Gasteiger partial charge in [-0.3, -0.25) is 10.2 Å². The number of rotatable bonds is 8. The summed E-state index contributed by atoms with van der Waals surface area (Å²) in [5.74, 6) is -2.36. The van der Waals surface area contributed by atoms with Crippen molar-refractivity contribution in [3.8, 4) is 11.3 Å². The van der Waals surface area contributed by atoms with Gasteiger partial charge in [-0.25, -0.2) is 23.5 Å². The number of thioether (sulfide) groups is 1. The normalized spacial score (nSPS) is 25.0. The second-order valence-electron chi connectivity index (χ2n) is 9.14. The summed E-state index contributed by atoms with van der Waals surface area (Å²) in [6, 6.07) is 2.64. The van der Waals surface area contributed by atoms with E-state index < -0.39 is 59.0 Å². The van der Waals surface area contributed by atoms with Crippen LogP contribution in [0, 0.1) is 11.6 Å². The summed E-state index contributed by atoms with van der Waals surface area (Å²) in [5, 5.41) is 30.5. The van der Waals surface area contributed by atoms with Gasteiger partial charge in [-0.2, -0.15) is 0 Å². The number of nitrogens with one attached hydrogen (secondary N) is 1. The number of aliphatic hydroxyl groups excluding tert-OH is 2. The highest BCUT2D eigenvalue weighted by atomic mass is 35.5. The SMILES string of the molecule is CO[C@@H]1[C@@H](n2cc(-c3cc(F)c(Cl)c(F)c3)nn2)[C@@H](O)[C@@H](CO)O[C@@H]1Sc1cc(Cl)cnc1C(=O)NN1CCC1. The molecule has 11 nitrogen and oxygen atoms in total. The van der Waals surface area contributed by atoms with E-state index in [0.29, 0.717) is 4.90 Å².